The third-order valence-corrected chi connectivity index (χ3v) is 17.0. The molecule has 6 unspecified atom stereocenters. The molecule has 0 radical (unpaired) electrons. The summed E-state index contributed by atoms with van der Waals surface area (Å²) in [4.78, 5) is 105. The van der Waals surface area contributed by atoms with E-state index >= 15 is 0 Å². The Hall–Kier alpha value is -7.51. The number of aliphatic hydroxyl groups is 7. The molecule has 0 aliphatic carbocycles. The highest BCUT2D eigenvalue weighted by molar-refractivity contribution is 6.00. The van der Waals surface area contributed by atoms with Crippen molar-refractivity contribution in [1.82, 2.24) is 36.4 Å². The smallest absolute Gasteiger partial charge is 0.251 e. The lowest BCUT2D eigenvalue weighted by Crippen LogP contribution is -2.63. The number of phenolic OH excluding ortho intramolecular Hbond substituents is 1. The second-order valence-corrected chi connectivity index (χ2v) is 24.2. The van der Waals surface area contributed by atoms with E-state index in [0.29, 0.717) is 26.4 Å². The third kappa shape index (κ3) is 20.0. The normalized spacial score (nSPS) is 25.6. The molecule has 7 rings (SSSR count). The summed E-state index contributed by atoms with van der Waals surface area (Å²) in [6.07, 6.45) is -13.2. The van der Waals surface area contributed by atoms with E-state index in [1.54, 1.807) is 12.1 Å². The van der Waals surface area contributed by atoms with Gasteiger partial charge in [-0.25, -0.2) is 0 Å². The minimum atomic E-state index is -2.19. The number of carbonyl (C=O) groups is 7. The number of phenols is 1. The molecule has 4 aromatic carbocycles. The van der Waals surface area contributed by atoms with Gasteiger partial charge in [0.25, 0.3) is 5.91 Å². The van der Waals surface area contributed by atoms with E-state index in [1.165, 1.54) is 43.3 Å². The number of carbonyl (C=O) groups excluding carboxylic acids is 7. The van der Waals surface area contributed by atoms with Crippen molar-refractivity contribution in [3.63, 3.8) is 0 Å². The van der Waals surface area contributed by atoms with Gasteiger partial charge in [0.1, 0.15) is 47.9 Å². The minimum absolute atomic E-state index is 0.0309. The number of aliphatic hydroxyl groups excluding tert-OH is 7. The molecule has 0 bridgehead atoms. The van der Waals surface area contributed by atoms with E-state index in [2.05, 4.69) is 33.5 Å². The molecule has 0 saturated carbocycles. The van der Waals surface area contributed by atoms with Crippen LogP contribution in [-0.4, -0.2) is 237 Å². The molecule has 4 aromatic rings. The Kier molecular flexibility index (Phi) is 28.2. The summed E-state index contributed by atoms with van der Waals surface area (Å²) >= 11 is 0. The second kappa shape index (κ2) is 35.8. The molecule has 3 fully saturated rings. The first kappa shape index (κ1) is 73.9. The Morgan fingerprint density at radius 1 is 0.649 bits per heavy atom. The lowest BCUT2D eigenvalue weighted by Gasteiger charge is -2.34. The molecule has 3 aliphatic heterocycles. The Labute approximate surface area is 546 Å². The average molecular weight is 1310 g/mol. The van der Waals surface area contributed by atoms with E-state index in [1.807, 2.05) is 48.5 Å². The fourth-order valence-electron chi connectivity index (χ4n) is 11.6. The van der Waals surface area contributed by atoms with Crippen LogP contribution in [0.3, 0.4) is 0 Å². The zero-order valence-corrected chi connectivity index (χ0v) is 53.5. The van der Waals surface area contributed by atoms with E-state index < -0.39 is 158 Å². The highest BCUT2D eigenvalue weighted by atomic mass is 16.5. The van der Waals surface area contributed by atoms with E-state index in [0.717, 1.165) is 70.9 Å². The number of Topliss-reactive ketones (excluding diaryl/α,β-unsaturated/α-hetero) is 1. The Morgan fingerprint density at radius 3 is 1.77 bits per heavy atom. The first-order valence-electron chi connectivity index (χ1n) is 32.0. The summed E-state index contributed by atoms with van der Waals surface area (Å²) < 4.78 is 22.4. The number of nitrogens with one attached hydrogen (secondary N) is 5. The molecule has 3 aliphatic rings. The van der Waals surface area contributed by atoms with Crippen LogP contribution in [0, 0.1) is 11.8 Å². The van der Waals surface area contributed by atoms with E-state index in [-0.39, 0.29) is 56.4 Å². The summed E-state index contributed by atoms with van der Waals surface area (Å²) in [6.45, 7) is 7.07. The van der Waals surface area contributed by atoms with E-state index in [9.17, 15) is 74.4 Å². The number of fused-ring (bicyclic) bond motifs is 2. The van der Waals surface area contributed by atoms with Crippen molar-refractivity contribution in [2.45, 2.75) is 145 Å². The number of unbranched alkanes of at least 4 members (excludes halogenated alkanes) is 2. The lowest BCUT2D eigenvalue weighted by molar-refractivity contribution is -0.148. The molecule has 27 heteroatoms. The SMILES string of the molecule is CCCCCOc1ccc(-c2ccc(-c3ccc(C(=O)N[C@H]4C[C@@H](O)C(NCCOCCOCCOCCN)NC(=O)C5[C@@H](O)[C@@H](C)CN5C(=O)C([C@@H](C)O)NC(=O)C([C@H](O)[C@@H](O)c5ccc(O)cc5)CC(=O)C5C[C@@H](O)CN5C(=O)C([C@@H](C)O)NC4=O)cc3)cc2)cc1. The zero-order chi connectivity index (χ0) is 68.2. The molecule has 3 heterocycles. The van der Waals surface area contributed by atoms with Gasteiger partial charge < -0.3 is 96.6 Å². The van der Waals surface area contributed by atoms with Gasteiger partial charge in [0.05, 0.1) is 94.8 Å². The largest absolute Gasteiger partial charge is 0.508 e. The molecule has 3 saturated heterocycles. The number of benzene rings is 4. The number of hydrogen-bond donors (Lipinski definition) is 14. The van der Waals surface area contributed by atoms with Gasteiger partial charge in [-0.1, -0.05) is 87.4 Å². The van der Waals surface area contributed by atoms with Crippen molar-refractivity contribution in [3.8, 4) is 33.8 Å². The second-order valence-electron chi connectivity index (χ2n) is 24.2. The summed E-state index contributed by atoms with van der Waals surface area (Å²) in [5, 5.41) is 104. The number of ether oxygens (including phenoxy) is 4. The van der Waals surface area contributed by atoms with Gasteiger partial charge in [0, 0.05) is 56.9 Å². The van der Waals surface area contributed by atoms with Crippen LogP contribution in [0.25, 0.3) is 22.3 Å². The summed E-state index contributed by atoms with van der Waals surface area (Å²) in [5.41, 5.74) is 8.95. The zero-order valence-electron chi connectivity index (χ0n) is 53.5. The number of ketones is 1. The third-order valence-electron chi connectivity index (χ3n) is 17.0. The van der Waals surface area contributed by atoms with Gasteiger partial charge >= 0.3 is 0 Å². The van der Waals surface area contributed by atoms with Crippen LogP contribution >= 0.6 is 0 Å². The Morgan fingerprint density at radius 2 is 1.19 bits per heavy atom. The van der Waals surface area contributed by atoms with Crippen LogP contribution in [-0.2, 0) is 43.0 Å². The van der Waals surface area contributed by atoms with Crippen molar-refractivity contribution in [1.29, 1.82) is 0 Å². The summed E-state index contributed by atoms with van der Waals surface area (Å²) in [5.74, 6) is -9.83. The molecular weight excluding hydrogens is 1220 g/mol. The monoisotopic (exact) mass is 1310 g/mol. The highest BCUT2D eigenvalue weighted by Gasteiger charge is 2.50. The van der Waals surface area contributed by atoms with Crippen LogP contribution < -0.4 is 37.1 Å². The summed E-state index contributed by atoms with van der Waals surface area (Å²) in [6, 6.07) is 17.7. The average Bonchev–Trinajstić information content (AvgIpc) is 1.59. The van der Waals surface area contributed by atoms with Crippen LogP contribution in [0.1, 0.15) is 88.2 Å². The van der Waals surface area contributed by atoms with Gasteiger partial charge in [0.2, 0.25) is 29.5 Å². The molecular formula is C67H92N8O19. The highest BCUT2D eigenvalue weighted by Crippen LogP contribution is 2.32. The van der Waals surface area contributed by atoms with Gasteiger partial charge in [-0.15, -0.1) is 0 Å². The number of aromatic hydroxyl groups is 1. The fourth-order valence-corrected chi connectivity index (χ4v) is 11.6. The molecule has 94 heavy (non-hydrogen) atoms. The van der Waals surface area contributed by atoms with Gasteiger partial charge in [-0.3, -0.25) is 38.9 Å². The Balaban J connectivity index is 1.21. The number of rotatable bonds is 26. The quantitative estimate of drug-likeness (QED) is 0.0361. The lowest BCUT2D eigenvalue weighted by atomic mass is 9.86. The number of nitrogens with two attached hydrogens (primary N) is 1. The number of amides is 6. The van der Waals surface area contributed by atoms with Crippen molar-refractivity contribution in [2.24, 2.45) is 17.6 Å². The van der Waals surface area contributed by atoms with Crippen molar-refractivity contribution in [2.75, 3.05) is 72.4 Å². The van der Waals surface area contributed by atoms with Gasteiger partial charge in [-0.05, 0) is 84.5 Å². The van der Waals surface area contributed by atoms with Crippen molar-refractivity contribution in [3.05, 3.63) is 108 Å². The van der Waals surface area contributed by atoms with Crippen LogP contribution in [0.15, 0.2) is 97.1 Å². The van der Waals surface area contributed by atoms with E-state index in [4.69, 9.17) is 24.7 Å². The van der Waals surface area contributed by atoms with Crippen molar-refractivity contribution >= 4 is 41.2 Å². The van der Waals surface area contributed by atoms with Crippen LogP contribution in [0.5, 0.6) is 11.5 Å². The van der Waals surface area contributed by atoms with Gasteiger partial charge in [-0.2, -0.15) is 0 Å². The minimum Gasteiger partial charge on any atom is -0.508 e. The fraction of sp³-hybridized carbons (Fsp3) is 0.537. The van der Waals surface area contributed by atoms with Crippen molar-refractivity contribution < 1.29 is 93.4 Å². The first-order chi connectivity index (χ1) is 45.0. The van der Waals surface area contributed by atoms with Crippen LogP contribution in [0.4, 0.5) is 0 Å². The standard InChI is InChI=1S/C67H92N8O19/c1-5-6-7-26-94-49-22-18-44(19-23-49)42-10-8-41(9-11-42)43-12-14-46(15-13-43)62(85)70-51-35-54(81)61(69-25-28-92-30-32-93-31-29-91-27-24-68)73-65(88)57-58(82)38(2)36-75(57)67(90)56(40(4)77)71-63(86)50(60(84)59(83)45-16-20-47(78)21-17-45)34-53(80)52-33-48(79)37-74(52)66(89)55(39(3)76)72-64(51)87/h8-23,38-40,48,50-52,54-61,69,76-79,81-84H,5-7,24-37,68H2,1-4H3,(H,70,85)(H,71,86)(H,72,87)(H,73,88)/t38-,39+,40+,48+,50?,51-,52?,54+,55?,56?,57?,58-,59-,60-,61?/m0/s1. The molecule has 0 spiro atoms. The molecule has 15 N–H and O–H groups in total. The maximum atomic E-state index is 14.9. The molecule has 6 amide bonds. The van der Waals surface area contributed by atoms with Gasteiger partial charge in [0.15, 0.2) is 5.78 Å². The molecule has 15 atom stereocenters. The Bertz CT molecular complexity index is 3110. The molecule has 514 valence electrons. The topological polar surface area (TPSA) is 411 Å². The first-order valence-corrected chi connectivity index (χ1v) is 32.0. The maximum Gasteiger partial charge on any atom is 0.251 e. The predicted octanol–water partition coefficient (Wildman–Crippen LogP) is -0.231. The number of nitrogens with zero attached hydrogens (tertiary/aromatic N) is 2. The summed E-state index contributed by atoms with van der Waals surface area (Å²) in [7, 11) is 0. The van der Waals surface area contributed by atoms with Crippen LogP contribution in [0.2, 0.25) is 0 Å². The number of hydrogen-bond acceptors (Lipinski definition) is 21. The predicted molar refractivity (Wildman–Crippen MR) is 342 cm³/mol. The molecule has 27 nitrogen and oxygen atoms in total. The maximum absolute atomic E-state index is 14.9. The molecule has 0 aromatic heterocycles.